The maximum atomic E-state index is 12.1. The molecule has 0 spiro atoms. The van der Waals surface area contributed by atoms with E-state index < -0.39 is 6.03 Å². The lowest BCUT2D eigenvalue weighted by Gasteiger charge is -2.54. The maximum absolute atomic E-state index is 12.1. The average Bonchev–Trinajstić information content (AvgIpc) is 2.23. The van der Waals surface area contributed by atoms with E-state index in [2.05, 4.69) is 0 Å². The Morgan fingerprint density at radius 2 is 1.53 bits per heavy atom. The molecule has 3 N–H and O–H groups in total. The van der Waals surface area contributed by atoms with Gasteiger partial charge in [0.05, 0.1) is 5.41 Å². The van der Waals surface area contributed by atoms with Gasteiger partial charge in [-0.1, -0.05) is 0 Å². The average molecular weight is 238 g/mol. The van der Waals surface area contributed by atoms with E-state index in [1.807, 2.05) is 5.48 Å². The number of hydrogen-bond donors (Lipinski definition) is 2. The van der Waals surface area contributed by atoms with Crippen LogP contribution in [-0.4, -0.2) is 12.0 Å². The molecule has 4 fully saturated rings. The van der Waals surface area contributed by atoms with Crippen molar-refractivity contribution in [1.29, 1.82) is 0 Å². The van der Waals surface area contributed by atoms with Crippen LogP contribution in [0.3, 0.4) is 0 Å². The van der Waals surface area contributed by atoms with E-state index in [1.165, 1.54) is 19.3 Å². The Morgan fingerprint density at radius 1 is 1.06 bits per heavy atom. The summed E-state index contributed by atoms with van der Waals surface area (Å²) in [6.07, 6.45) is 6.61. The van der Waals surface area contributed by atoms with E-state index in [9.17, 15) is 9.59 Å². The molecule has 17 heavy (non-hydrogen) atoms. The van der Waals surface area contributed by atoms with E-state index in [-0.39, 0.29) is 11.4 Å². The number of carbonyl (C=O) groups is 2. The molecule has 0 atom stereocenters. The van der Waals surface area contributed by atoms with Crippen LogP contribution in [0.5, 0.6) is 0 Å². The third kappa shape index (κ3) is 1.77. The van der Waals surface area contributed by atoms with Gasteiger partial charge < -0.3 is 10.6 Å². The number of amides is 2. The minimum absolute atomic E-state index is 0.282. The number of hydrogen-bond acceptors (Lipinski definition) is 3. The molecule has 2 amide bonds. The highest BCUT2D eigenvalue weighted by Crippen LogP contribution is 2.60. The zero-order valence-electron chi connectivity index (χ0n) is 9.78. The molecule has 4 saturated carbocycles. The summed E-state index contributed by atoms with van der Waals surface area (Å²) < 4.78 is 0. The van der Waals surface area contributed by atoms with Crippen LogP contribution >= 0.6 is 0 Å². The number of urea groups is 1. The summed E-state index contributed by atoms with van der Waals surface area (Å²) in [5.74, 6) is 1.77. The quantitative estimate of drug-likeness (QED) is 0.676. The first-order valence-corrected chi connectivity index (χ1v) is 6.34. The molecule has 5 nitrogen and oxygen atoms in total. The van der Waals surface area contributed by atoms with Crippen molar-refractivity contribution in [3.05, 3.63) is 0 Å². The van der Waals surface area contributed by atoms with Crippen molar-refractivity contribution in [2.45, 2.75) is 38.5 Å². The fourth-order valence-corrected chi connectivity index (χ4v) is 4.57. The molecule has 0 radical (unpaired) electrons. The van der Waals surface area contributed by atoms with Gasteiger partial charge in [0, 0.05) is 0 Å². The van der Waals surface area contributed by atoms with Gasteiger partial charge in [0.25, 0.3) is 0 Å². The van der Waals surface area contributed by atoms with Gasteiger partial charge >= 0.3 is 12.0 Å². The van der Waals surface area contributed by atoms with Crippen molar-refractivity contribution >= 4 is 12.0 Å². The zero-order chi connectivity index (χ0) is 12.0. The monoisotopic (exact) mass is 238 g/mol. The molecule has 0 aromatic rings. The summed E-state index contributed by atoms with van der Waals surface area (Å²) in [5.41, 5.74) is 6.53. The van der Waals surface area contributed by atoms with Crippen LogP contribution in [0.4, 0.5) is 4.79 Å². The second-order valence-corrected chi connectivity index (χ2v) is 6.05. The largest absolute Gasteiger partial charge is 0.349 e. The summed E-state index contributed by atoms with van der Waals surface area (Å²) in [6.45, 7) is 0. The highest BCUT2D eigenvalue weighted by atomic mass is 16.7. The van der Waals surface area contributed by atoms with Crippen LogP contribution in [0.2, 0.25) is 0 Å². The van der Waals surface area contributed by atoms with Crippen LogP contribution in [0.15, 0.2) is 0 Å². The molecule has 0 heterocycles. The lowest BCUT2D eigenvalue weighted by atomic mass is 9.49. The molecule has 0 saturated heterocycles. The van der Waals surface area contributed by atoms with Crippen molar-refractivity contribution in [2.75, 3.05) is 0 Å². The first-order valence-electron chi connectivity index (χ1n) is 6.34. The lowest BCUT2D eigenvalue weighted by Crippen LogP contribution is -2.52. The van der Waals surface area contributed by atoms with Crippen molar-refractivity contribution in [1.82, 2.24) is 5.48 Å². The topological polar surface area (TPSA) is 81.4 Å². The summed E-state index contributed by atoms with van der Waals surface area (Å²) in [6, 6.07) is -0.817. The van der Waals surface area contributed by atoms with E-state index in [0.717, 1.165) is 19.3 Å². The Hall–Kier alpha value is -1.26. The van der Waals surface area contributed by atoms with Gasteiger partial charge in [-0.05, 0) is 56.3 Å². The third-order valence-corrected chi connectivity index (χ3v) is 4.72. The van der Waals surface area contributed by atoms with Crippen LogP contribution in [0.25, 0.3) is 0 Å². The Balaban J connectivity index is 1.73. The standard InChI is InChI=1S/C12H18N2O3/c13-11(16)14-17-10(15)12-4-7-1-8(5-12)3-9(2-7)6-12/h7-9H,1-6H2,(H3,13,14,16). The van der Waals surface area contributed by atoms with E-state index >= 15 is 0 Å². The number of nitrogens with one attached hydrogen (secondary N) is 1. The molecule has 0 unspecified atom stereocenters. The fraction of sp³-hybridized carbons (Fsp3) is 0.833. The Bertz CT molecular complexity index is 331. The second-order valence-electron chi connectivity index (χ2n) is 6.05. The molecule has 0 aromatic heterocycles. The molecule has 0 aromatic carbocycles. The molecular formula is C12H18N2O3. The van der Waals surface area contributed by atoms with Crippen molar-refractivity contribution < 1.29 is 14.4 Å². The van der Waals surface area contributed by atoms with Gasteiger partial charge in [-0.25, -0.2) is 9.59 Å². The molecule has 4 aliphatic rings. The fourth-order valence-electron chi connectivity index (χ4n) is 4.57. The van der Waals surface area contributed by atoms with Gasteiger partial charge in [-0.15, -0.1) is 0 Å². The molecule has 0 aliphatic heterocycles. The summed E-state index contributed by atoms with van der Waals surface area (Å²) in [4.78, 5) is 27.5. The normalized spacial score (nSPS) is 42.2. The molecule has 5 heteroatoms. The molecule has 4 rings (SSSR count). The molecular weight excluding hydrogens is 220 g/mol. The second kappa shape index (κ2) is 3.62. The van der Waals surface area contributed by atoms with Gasteiger partial charge in [-0.2, -0.15) is 5.48 Å². The van der Waals surface area contributed by atoms with Crippen molar-refractivity contribution in [2.24, 2.45) is 28.9 Å². The van der Waals surface area contributed by atoms with Crippen LogP contribution in [-0.2, 0) is 9.63 Å². The summed E-state index contributed by atoms with van der Waals surface area (Å²) in [5, 5.41) is 0. The van der Waals surface area contributed by atoms with Crippen LogP contribution < -0.4 is 11.2 Å². The molecule has 4 aliphatic carbocycles. The van der Waals surface area contributed by atoms with Gasteiger partial charge in [0.1, 0.15) is 0 Å². The Labute approximate surface area is 100 Å². The van der Waals surface area contributed by atoms with Gasteiger partial charge in [0.15, 0.2) is 0 Å². The minimum Gasteiger partial charge on any atom is -0.349 e. The number of rotatable bonds is 1. The predicted octanol–water partition coefficient (Wildman–Crippen LogP) is 1.33. The van der Waals surface area contributed by atoms with Crippen molar-refractivity contribution in [3.63, 3.8) is 0 Å². The smallest absolute Gasteiger partial charge is 0.345 e. The maximum Gasteiger partial charge on any atom is 0.345 e. The number of primary amides is 1. The SMILES string of the molecule is NC(=O)NOC(=O)C12CC3CC(CC(C3)C1)C2. The van der Waals surface area contributed by atoms with Crippen LogP contribution in [0, 0.1) is 23.2 Å². The number of nitrogens with two attached hydrogens (primary N) is 1. The summed E-state index contributed by atoms with van der Waals surface area (Å²) >= 11 is 0. The highest BCUT2D eigenvalue weighted by Gasteiger charge is 2.55. The lowest BCUT2D eigenvalue weighted by molar-refractivity contribution is -0.176. The zero-order valence-corrected chi connectivity index (χ0v) is 9.78. The Kier molecular flexibility index (Phi) is 2.31. The summed E-state index contributed by atoms with van der Waals surface area (Å²) in [7, 11) is 0. The molecule has 94 valence electrons. The van der Waals surface area contributed by atoms with Crippen LogP contribution in [0.1, 0.15) is 38.5 Å². The van der Waals surface area contributed by atoms with Gasteiger partial charge in [-0.3, -0.25) is 0 Å². The van der Waals surface area contributed by atoms with E-state index in [1.54, 1.807) is 0 Å². The first kappa shape index (κ1) is 10.9. The minimum atomic E-state index is -0.817. The van der Waals surface area contributed by atoms with Gasteiger partial charge in [0.2, 0.25) is 0 Å². The first-order chi connectivity index (χ1) is 8.07. The van der Waals surface area contributed by atoms with E-state index in [0.29, 0.717) is 17.8 Å². The van der Waals surface area contributed by atoms with Crippen molar-refractivity contribution in [3.8, 4) is 0 Å². The number of carbonyl (C=O) groups excluding carboxylic acids is 2. The molecule has 4 bridgehead atoms. The predicted molar refractivity (Wildman–Crippen MR) is 59.4 cm³/mol. The Morgan fingerprint density at radius 3 is 1.94 bits per heavy atom. The van der Waals surface area contributed by atoms with E-state index in [4.69, 9.17) is 10.6 Å². The third-order valence-electron chi connectivity index (χ3n) is 4.72. The highest BCUT2D eigenvalue weighted by molar-refractivity contribution is 5.79. The number of hydroxylamine groups is 1.